The van der Waals surface area contributed by atoms with Gasteiger partial charge in [0.15, 0.2) is 0 Å². The molecule has 0 radical (unpaired) electrons. The van der Waals surface area contributed by atoms with Crippen LogP contribution in [-0.4, -0.2) is 11.4 Å². The lowest BCUT2D eigenvalue weighted by Gasteiger charge is -2.19. The van der Waals surface area contributed by atoms with Crippen LogP contribution in [0.2, 0.25) is 0 Å². The Morgan fingerprint density at radius 2 is 1.93 bits per heavy atom. The Labute approximate surface area is 87.3 Å². The van der Waals surface area contributed by atoms with Crippen LogP contribution < -0.4 is 0 Å². The van der Waals surface area contributed by atoms with E-state index in [4.69, 9.17) is 4.74 Å². The third kappa shape index (κ3) is 5.81. The van der Waals surface area contributed by atoms with E-state index in [0.717, 1.165) is 5.57 Å². The maximum Gasteiger partial charge on any atom is 0.202 e. The van der Waals surface area contributed by atoms with Gasteiger partial charge in [-0.05, 0) is 18.4 Å². The maximum absolute atomic E-state index is 9.55. The molecule has 14 heavy (non-hydrogen) atoms. The molecule has 0 fully saturated rings. The lowest BCUT2D eigenvalue weighted by atomic mass is 9.97. The molecular formula is C12H22O2. The predicted molar refractivity (Wildman–Crippen MR) is 59.7 cm³/mol. The third-order valence-electron chi connectivity index (χ3n) is 1.99. The Morgan fingerprint density at radius 1 is 1.43 bits per heavy atom. The molecule has 0 saturated carbocycles. The lowest BCUT2D eigenvalue weighted by molar-refractivity contribution is -0.0782. The lowest BCUT2D eigenvalue weighted by Crippen LogP contribution is -2.19. The molecule has 0 amide bonds. The molecule has 2 nitrogen and oxygen atoms in total. The van der Waals surface area contributed by atoms with Crippen molar-refractivity contribution in [1.82, 2.24) is 0 Å². The number of allylic oxidation sites excluding steroid dienone is 1. The number of ether oxygens (including phenoxy) is 1. The highest BCUT2D eigenvalue weighted by atomic mass is 16.6. The molecule has 0 aromatic rings. The van der Waals surface area contributed by atoms with Crippen LogP contribution in [0.3, 0.4) is 0 Å². The van der Waals surface area contributed by atoms with Crippen molar-refractivity contribution in [3.05, 3.63) is 24.5 Å². The van der Waals surface area contributed by atoms with Gasteiger partial charge in [0.25, 0.3) is 0 Å². The number of hydrogen-bond acceptors (Lipinski definition) is 2. The number of hydrogen-bond donors (Lipinski definition) is 1. The van der Waals surface area contributed by atoms with Crippen LogP contribution in [0.25, 0.3) is 0 Å². The molecule has 0 heterocycles. The fraction of sp³-hybridized carbons (Fsp3) is 0.667. The molecule has 0 aliphatic rings. The minimum absolute atomic E-state index is 0.0420. The van der Waals surface area contributed by atoms with Gasteiger partial charge in [-0.3, -0.25) is 0 Å². The summed E-state index contributed by atoms with van der Waals surface area (Å²) in [6.07, 6.45) is 2.68. The summed E-state index contributed by atoms with van der Waals surface area (Å²) in [5.41, 5.74) is 0.994. The first-order valence-corrected chi connectivity index (χ1v) is 4.90. The Morgan fingerprint density at radius 3 is 2.29 bits per heavy atom. The summed E-state index contributed by atoms with van der Waals surface area (Å²) in [6, 6.07) is 0. The minimum atomic E-state index is -0.800. The Balaban J connectivity index is 4.03. The van der Waals surface area contributed by atoms with Crippen LogP contribution in [0.5, 0.6) is 0 Å². The normalized spacial score (nSPS) is 16.7. The quantitative estimate of drug-likeness (QED) is 0.427. The van der Waals surface area contributed by atoms with Crippen LogP contribution in [0.4, 0.5) is 0 Å². The largest absolute Gasteiger partial charge is 0.472 e. The topological polar surface area (TPSA) is 29.5 Å². The molecular weight excluding hydrogens is 176 g/mol. The van der Waals surface area contributed by atoms with Crippen LogP contribution in [0.15, 0.2) is 24.5 Å². The van der Waals surface area contributed by atoms with E-state index in [1.165, 1.54) is 0 Å². The number of aliphatic hydroxyl groups is 1. The van der Waals surface area contributed by atoms with E-state index in [1.807, 2.05) is 19.9 Å². The molecule has 82 valence electrons. The van der Waals surface area contributed by atoms with Crippen molar-refractivity contribution in [2.24, 2.45) is 11.3 Å². The van der Waals surface area contributed by atoms with E-state index in [-0.39, 0.29) is 11.3 Å². The first kappa shape index (κ1) is 13.2. The van der Waals surface area contributed by atoms with Gasteiger partial charge in [0, 0.05) is 5.92 Å². The second-order valence-electron chi connectivity index (χ2n) is 4.83. The first-order valence-electron chi connectivity index (χ1n) is 4.90. The smallest absolute Gasteiger partial charge is 0.202 e. The Kier molecular flexibility index (Phi) is 4.92. The van der Waals surface area contributed by atoms with Crippen LogP contribution >= 0.6 is 0 Å². The van der Waals surface area contributed by atoms with Crippen molar-refractivity contribution in [2.75, 3.05) is 0 Å². The van der Waals surface area contributed by atoms with Gasteiger partial charge in [-0.1, -0.05) is 39.8 Å². The Bertz CT molecular complexity index is 211. The van der Waals surface area contributed by atoms with Crippen LogP contribution in [-0.2, 0) is 4.74 Å². The molecule has 0 rings (SSSR count). The van der Waals surface area contributed by atoms with Gasteiger partial charge in [0.2, 0.25) is 6.29 Å². The maximum atomic E-state index is 9.55. The van der Waals surface area contributed by atoms with Gasteiger partial charge in [0.05, 0.1) is 6.26 Å². The second kappa shape index (κ2) is 5.20. The molecule has 0 spiro atoms. The zero-order chi connectivity index (χ0) is 11.4. The summed E-state index contributed by atoms with van der Waals surface area (Å²) in [5, 5.41) is 9.55. The molecule has 0 aromatic carbocycles. The van der Waals surface area contributed by atoms with Gasteiger partial charge in [-0.2, -0.15) is 0 Å². The van der Waals surface area contributed by atoms with E-state index in [0.29, 0.717) is 0 Å². The molecule has 0 saturated heterocycles. The van der Waals surface area contributed by atoms with Crippen molar-refractivity contribution in [1.29, 1.82) is 0 Å². The van der Waals surface area contributed by atoms with E-state index in [2.05, 4.69) is 27.4 Å². The molecule has 0 aliphatic heterocycles. The van der Waals surface area contributed by atoms with Gasteiger partial charge >= 0.3 is 0 Å². The van der Waals surface area contributed by atoms with Gasteiger partial charge in [0.1, 0.15) is 0 Å². The van der Waals surface area contributed by atoms with Crippen LogP contribution in [0.1, 0.15) is 34.6 Å². The predicted octanol–water partition coefficient (Wildman–Crippen LogP) is 3.09. The van der Waals surface area contributed by atoms with E-state index >= 15 is 0 Å². The highest BCUT2D eigenvalue weighted by molar-refractivity contribution is 4.96. The highest BCUT2D eigenvalue weighted by Gasteiger charge is 2.14. The van der Waals surface area contributed by atoms with Crippen LogP contribution in [0, 0.1) is 11.3 Å². The number of aliphatic hydroxyl groups excluding tert-OH is 1. The summed E-state index contributed by atoms with van der Waals surface area (Å²) in [4.78, 5) is 0. The van der Waals surface area contributed by atoms with Crippen molar-refractivity contribution >= 4 is 0 Å². The summed E-state index contributed by atoms with van der Waals surface area (Å²) in [6.45, 7) is 13.7. The molecule has 0 aromatic heterocycles. The van der Waals surface area contributed by atoms with E-state index < -0.39 is 6.29 Å². The third-order valence-corrected chi connectivity index (χ3v) is 1.99. The Hall–Kier alpha value is -0.760. The van der Waals surface area contributed by atoms with Crippen molar-refractivity contribution in [3.63, 3.8) is 0 Å². The zero-order valence-corrected chi connectivity index (χ0v) is 9.87. The second-order valence-corrected chi connectivity index (χ2v) is 4.83. The highest BCUT2D eigenvalue weighted by Crippen LogP contribution is 2.17. The molecule has 0 aliphatic carbocycles. The number of rotatable bonds is 4. The summed E-state index contributed by atoms with van der Waals surface area (Å²) in [7, 11) is 0. The van der Waals surface area contributed by atoms with Gasteiger partial charge < -0.3 is 9.84 Å². The molecule has 2 unspecified atom stereocenters. The summed E-state index contributed by atoms with van der Waals surface area (Å²) < 4.78 is 5.16. The average molecular weight is 198 g/mol. The van der Waals surface area contributed by atoms with Crippen molar-refractivity contribution in [2.45, 2.75) is 40.9 Å². The molecule has 2 heteroatoms. The van der Waals surface area contributed by atoms with E-state index in [1.54, 1.807) is 6.26 Å². The standard InChI is InChI=1S/C12H22O2/c1-9(2)10(3)11(13)14-8-7-12(4,5)6/h7-8,10-11,13H,1H2,2-6H3. The fourth-order valence-corrected chi connectivity index (χ4v) is 0.685. The first-order chi connectivity index (χ1) is 6.24. The zero-order valence-electron chi connectivity index (χ0n) is 9.87. The average Bonchev–Trinajstić information content (AvgIpc) is 2.00. The van der Waals surface area contributed by atoms with Crippen molar-refractivity contribution < 1.29 is 9.84 Å². The van der Waals surface area contributed by atoms with Gasteiger partial charge in [-0.25, -0.2) is 0 Å². The molecule has 2 atom stereocenters. The summed E-state index contributed by atoms with van der Waals surface area (Å²) >= 11 is 0. The fourth-order valence-electron chi connectivity index (χ4n) is 0.685. The monoisotopic (exact) mass is 198 g/mol. The summed E-state index contributed by atoms with van der Waals surface area (Å²) in [5.74, 6) is -0.0420. The minimum Gasteiger partial charge on any atom is -0.472 e. The van der Waals surface area contributed by atoms with E-state index in [9.17, 15) is 5.11 Å². The van der Waals surface area contributed by atoms with Gasteiger partial charge in [-0.15, -0.1) is 0 Å². The SMILES string of the molecule is C=C(C)C(C)C(O)OC=CC(C)(C)C. The molecule has 0 bridgehead atoms. The molecule has 1 N–H and O–H groups in total. The van der Waals surface area contributed by atoms with Crippen molar-refractivity contribution in [3.8, 4) is 0 Å².